The van der Waals surface area contributed by atoms with Crippen molar-refractivity contribution >= 4 is 5.96 Å². The minimum absolute atomic E-state index is 0.706. The summed E-state index contributed by atoms with van der Waals surface area (Å²) in [7, 11) is 1.82. The monoisotopic (exact) mass is 368 g/mol. The van der Waals surface area contributed by atoms with Crippen LogP contribution in [0.1, 0.15) is 56.3 Å². The quantitative estimate of drug-likeness (QED) is 0.424. The molecular formula is C21H32N6. The third kappa shape index (κ3) is 5.81. The van der Waals surface area contributed by atoms with Crippen LogP contribution in [0.15, 0.2) is 35.7 Å². The highest BCUT2D eigenvalue weighted by atomic mass is 15.2. The number of imidazole rings is 1. The molecule has 0 unspecified atom stereocenters. The van der Waals surface area contributed by atoms with Gasteiger partial charge in [-0.1, -0.05) is 44.6 Å². The number of aromatic nitrogens is 3. The molecule has 0 atom stereocenters. The molecule has 1 saturated carbocycles. The summed E-state index contributed by atoms with van der Waals surface area (Å²) in [4.78, 5) is 13.1. The maximum absolute atomic E-state index is 4.53. The summed E-state index contributed by atoms with van der Waals surface area (Å²) in [5, 5.41) is 6.78. The van der Waals surface area contributed by atoms with Crippen molar-refractivity contribution in [3.63, 3.8) is 0 Å². The van der Waals surface area contributed by atoms with Crippen molar-refractivity contribution in [2.75, 3.05) is 13.6 Å². The van der Waals surface area contributed by atoms with Crippen molar-refractivity contribution in [1.82, 2.24) is 25.2 Å². The first kappa shape index (κ1) is 19.4. The van der Waals surface area contributed by atoms with E-state index in [9.17, 15) is 0 Å². The average molecular weight is 369 g/mol. The van der Waals surface area contributed by atoms with Crippen molar-refractivity contribution in [1.29, 1.82) is 0 Å². The zero-order valence-corrected chi connectivity index (χ0v) is 16.6. The SMILES string of the molecule is CN=C(NCCCCC1CCCC1)NCc1ccc(-n2ccnc2C)nc1. The second kappa shape index (κ2) is 10.1. The minimum Gasteiger partial charge on any atom is -0.356 e. The van der Waals surface area contributed by atoms with E-state index < -0.39 is 0 Å². The topological polar surface area (TPSA) is 67.1 Å². The average Bonchev–Trinajstić information content (AvgIpc) is 3.36. The van der Waals surface area contributed by atoms with Crippen LogP contribution >= 0.6 is 0 Å². The van der Waals surface area contributed by atoms with E-state index in [1.807, 2.05) is 37.0 Å². The fourth-order valence-electron chi connectivity index (χ4n) is 3.75. The second-order valence-electron chi connectivity index (χ2n) is 7.37. The molecule has 2 N–H and O–H groups in total. The summed E-state index contributed by atoms with van der Waals surface area (Å²) in [5.41, 5.74) is 1.13. The maximum atomic E-state index is 4.53. The van der Waals surface area contributed by atoms with E-state index in [4.69, 9.17) is 0 Å². The summed E-state index contributed by atoms with van der Waals surface area (Å²) in [6.07, 6.45) is 15.3. The van der Waals surface area contributed by atoms with Crippen LogP contribution in [-0.4, -0.2) is 34.1 Å². The van der Waals surface area contributed by atoms with Crippen molar-refractivity contribution in [2.45, 2.75) is 58.4 Å². The molecule has 0 spiro atoms. The fraction of sp³-hybridized carbons (Fsp3) is 0.571. The molecule has 27 heavy (non-hydrogen) atoms. The molecule has 146 valence electrons. The first-order valence-electron chi connectivity index (χ1n) is 10.2. The third-order valence-corrected chi connectivity index (χ3v) is 5.37. The Hall–Kier alpha value is -2.37. The Kier molecular flexibility index (Phi) is 7.25. The Morgan fingerprint density at radius 3 is 2.70 bits per heavy atom. The molecule has 1 aliphatic carbocycles. The van der Waals surface area contributed by atoms with E-state index in [1.165, 1.54) is 44.9 Å². The van der Waals surface area contributed by atoms with Gasteiger partial charge in [0, 0.05) is 38.7 Å². The number of nitrogens with one attached hydrogen (secondary N) is 2. The van der Waals surface area contributed by atoms with Crippen LogP contribution in [0.5, 0.6) is 0 Å². The van der Waals surface area contributed by atoms with E-state index in [0.717, 1.165) is 35.6 Å². The molecule has 2 aromatic rings. The number of nitrogens with zero attached hydrogens (tertiary/aromatic N) is 4. The molecule has 1 aliphatic rings. The van der Waals surface area contributed by atoms with Crippen LogP contribution in [0.2, 0.25) is 0 Å². The summed E-state index contributed by atoms with van der Waals surface area (Å²) >= 11 is 0. The highest BCUT2D eigenvalue weighted by Gasteiger charge is 2.13. The van der Waals surface area contributed by atoms with Gasteiger partial charge >= 0.3 is 0 Å². The predicted molar refractivity (Wildman–Crippen MR) is 110 cm³/mol. The fourth-order valence-corrected chi connectivity index (χ4v) is 3.75. The van der Waals surface area contributed by atoms with Gasteiger partial charge in [0.2, 0.25) is 0 Å². The largest absolute Gasteiger partial charge is 0.356 e. The van der Waals surface area contributed by atoms with E-state index in [-0.39, 0.29) is 0 Å². The number of hydrogen-bond donors (Lipinski definition) is 2. The smallest absolute Gasteiger partial charge is 0.191 e. The summed E-state index contributed by atoms with van der Waals surface area (Å²) in [5.74, 6) is 3.67. The van der Waals surface area contributed by atoms with Crippen LogP contribution < -0.4 is 10.6 Å². The molecule has 1 fully saturated rings. The van der Waals surface area contributed by atoms with Gasteiger partial charge in [0.05, 0.1) is 0 Å². The highest BCUT2D eigenvalue weighted by Crippen LogP contribution is 2.28. The minimum atomic E-state index is 0.706. The molecule has 6 nitrogen and oxygen atoms in total. The Labute approximate surface area is 162 Å². The number of aliphatic imine (C=N–C) groups is 1. The lowest BCUT2D eigenvalue weighted by molar-refractivity contribution is 0.472. The van der Waals surface area contributed by atoms with Gasteiger partial charge in [0.1, 0.15) is 11.6 Å². The normalized spacial score (nSPS) is 15.3. The van der Waals surface area contributed by atoms with E-state index in [1.54, 1.807) is 6.20 Å². The number of pyridine rings is 1. The first-order valence-corrected chi connectivity index (χ1v) is 10.2. The summed E-state index contributed by atoms with van der Waals surface area (Å²) < 4.78 is 1.98. The Morgan fingerprint density at radius 2 is 2.04 bits per heavy atom. The van der Waals surface area contributed by atoms with Crippen molar-refractivity contribution in [2.24, 2.45) is 10.9 Å². The molecule has 2 aromatic heterocycles. The van der Waals surface area contributed by atoms with Gasteiger partial charge in [-0.3, -0.25) is 9.56 Å². The van der Waals surface area contributed by atoms with Crippen LogP contribution in [-0.2, 0) is 6.54 Å². The zero-order chi connectivity index (χ0) is 18.9. The lowest BCUT2D eigenvalue weighted by atomic mass is 10.0. The van der Waals surface area contributed by atoms with Gasteiger partial charge in [-0.15, -0.1) is 0 Å². The Balaban J connectivity index is 1.37. The number of rotatable bonds is 8. The third-order valence-electron chi connectivity index (χ3n) is 5.37. The van der Waals surface area contributed by atoms with Crippen molar-refractivity contribution in [3.05, 3.63) is 42.1 Å². The molecule has 2 heterocycles. The molecular weight excluding hydrogens is 336 g/mol. The lowest BCUT2D eigenvalue weighted by Crippen LogP contribution is -2.37. The van der Waals surface area contributed by atoms with Gasteiger partial charge < -0.3 is 10.6 Å². The van der Waals surface area contributed by atoms with Gasteiger partial charge in [-0.25, -0.2) is 9.97 Å². The molecule has 0 aromatic carbocycles. The van der Waals surface area contributed by atoms with E-state index >= 15 is 0 Å². The molecule has 3 rings (SSSR count). The standard InChI is InChI=1S/C21H32N6/c1-17-23-13-14-27(17)20-11-10-19(15-25-20)16-26-21(22-2)24-12-6-5-9-18-7-3-4-8-18/h10-11,13-15,18H,3-9,12,16H2,1-2H3,(H2,22,24,26). The first-order chi connectivity index (χ1) is 13.3. The lowest BCUT2D eigenvalue weighted by Gasteiger charge is -2.13. The van der Waals surface area contributed by atoms with Crippen LogP contribution in [0.25, 0.3) is 5.82 Å². The maximum Gasteiger partial charge on any atom is 0.191 e. The number of hydrogen-bond acceptors (Lipinski definition) is 3. The van der Waals surface area contributed by atoms with Gasteiger partial charge in [0.15, 0.2) is 5.96 Å². The molecule has 0 bridgehead atoms. The van der Waals surface area contributed by atoms with Crippen molar-refractivity contribution < 1.29 is 0 Å². The number of unbranched alkanes of at least 4 members (excludes halogenated alkanes) is 1. The highest BCUT2D eigenvalue weighted by molar-refractivity contribution is 5.79. The Morgan fingerprint density at radius 1 is 1.19 bits per heavy atom. The number of aryl methyl sites for hydroxylation is 1. The van der Waals surface area contributed by atoms with Gasteiger partial charge in [-0.05, 0) is 30.9 Å². The van der Waals surface area contributed by atoms with Gasteiger partial charge in [-0.2, -0.15) is 0 Å². The summed E-state index contributed by atoms with van der Waals surface area (Å²) in [6, 6.07) is 4.11. The molecule has 6 heteroatoms. The Bertz CT molecular complexity index is 713. The number of guanidine groups is 1. The van der Waals surface area contributed by atoms with Crippen LogP contribution in [0.3, 0.4) is 0 Å². The van der Waals surface area contributed by atoms with E-state index in [0.29, 0.717) is 6.54 Å². The van der Waals surface area contributed by atoms with Crippen molar-refractivity contribution in [3.8, 4) is 5.82 Å². The van der Waals surface area contributed by atoms with Gasteiger partial charge in [0.25, 0.3) is 0 Å². The zero-order valence-electron chi connectivity index (χ0n) is 16.6. The molecule has 0 radical (unpaired) electrons. The molecule has 0 saturated heterocycles. The van der Waals surface area contributed by atoms with E-state index in [2.05, 4.69) is 31.7 Å². The predicted octanol–water partition coefficient (Wildman–Crippen LogP) is 3.60. The molecule has 0 aliphatic heterocycles. The molecule has 0 amide bonds. The summed E-state index contributed by atoms with van der Waals surface area (Å²) in [6.45, 7) is 3.65. The van der Waals surface area contributed by atoms with Crippen LogP contribution in [0.4, 0.5) is 0 Å². The second-order valence-corrected chi connectivity index (χ2v) is 7.37. The van der Waals surface area contributed by atoms with Crippen LogP contribution in [0, 0.1) is 12.8 Å².